The van der Waals surface area contributed by atoms with Gasteiger partial charge in [0.05, 0.1) is 17.2 Å². The fraction of sp³-hybridized carbons (Fsp3) is 0.355. The highest BCUT2D eigenvalue weighted by atomic mass is 32.2. The number of nitrogens with zero attached hydrogens (tertiary/aromatic N) is 2. The van der Waals surface area contributed by atoms with Gasteiger partial charge in [0, 0.05) is 17.0 Å². The van der Waals surface area contributed by atoms with Gasteiger partial charge < -0.3 is 15.0 Å². The molecule has 10 heteroatoms. The van der Waals surface area contributed by atoms with Crippen LogP contribution < -0.4 is 14.4 Å². The summed E-state index contributed by atoms with van der Waals surface area (Å²) in [5.41, 5.74) is 0.620. The van der Waals surface area contributed by atoms with Crippen LogP contribution in [0.1, 0.15) is 40.2 Å². The highest BCUT2D eigenvalue weighted by Crippen LogP contribution is 2.28. The Labute approximate surface area is 248 Å². The van der Waals surface area contributed by atoms with E-state index < -0.39 is 34.1 Å². The van der Waals surface area contributed by atoms with Crippen LogP contribution >= 0.6 is 11.8 Å². The minimum absolute atomic E-state index is 0.0603. The molecular formula is C31H39N3O5S2. The summed E-state index contributed by atoms with van der Waals surface area (Å²) in [6, 6.07) is 21.6. The average Bonchev–Trinajstić information content (AvgIpc) is 2.94. The molecule has 0 aliphatic carbocycles. The van der Waals surface area contributed by atoms with E-state index in [1.165, 1.54) is 28.8 Å². The summed E-state index contributed by atoms with van der Waals surface area (Å²) < 4.78 is 34.6. The second-order valence-corrected chi connectivity index (χ2v) is 13.3. The number of carbonyl (C=O) groups is 2. The highest BCUT2D eigenvalue weighted by Gasteiger charge is 2.33. The van der Waals surface area contributed by atoms with E-state index in [1.807, 2.05) is 64.3 Å². The van der Waals surface area contributed by atoms with E-state index in [4.69, 9.17) is 4.74 Å². The van der Waals surface area contributed by atoms with Crippen LogP contribution in [0, 0.1) is 0 Å². The first kappa shape index (κ1) is 32.0. The van der Waals surface area contributed by atoms with E-state index in [9.17, 15) is 18.0 Å². The molecule has 0 saturated carbocycles. The maximum Gasteiger partial charge on any atom is 0.264 e. The fourth-order valence-corrected chi connectivity index (χ4v) is 5.94. The molecule has 0 radical (unpaired) electrons. The fourth-order valence-electron chi connectivity index (χ4n) is 4.12. The smallest absolute Gasteiger partial charge is 0.264 e. The van der Waals surface area contributed by atoms with E-state index in [0.717, 1.165) is 14.8 Å². The van der Waals surface area contributed by atoms with Crippen LogP contribution in [0.2, 0.25) is 0 Å². The second-order valence-electron chi connectivity index (χ2n) is 10.5. The number of ether oxygens (including phenoxy) is 1. The standard InChI is InChI=1S/C31H39N3O5S2/c1-7-39-26-15-13-25(14-16-26)34(41(37,38)28-19-17-27(40-6)18-20-28)22-29(35)33(21-24-11-9-8-10-12-24)23(2)30(36)32-31(3,4)5/h8-20,23H,7,21-22H2,1-6H3,(H,32,36). The molecule has 0 spiro atoms. The molecule has 0 heterocycles. The van der Waals surface area contributed by atoms with Crippen molar-refractivity contribution in [1.82, 2.24) is 10.2 Å². The number of carbonyl (C=O) groups excluding carboxylic acids is 2. The zero-order valence-electron chi connectivity index (χ0n) is 24.5. The molecule has 0 aliphatic rings. The van der Waals surface area contributed by atoms with E-state index in [-0.39, 0.29) is 17.3 Å². The molecule has 8 nitrogen and oxygen atoms in total. The predicted octanol–water partition coefficient (Wildman–Crippen LogP) is 5.33. The normalized spacial score (nSPS) is 12.3. The Hall–Kier alpha value is -3.50. The Balaban J connectivity index is 2.03. The van der Waals surface area contributed by atoms with Crippen LogP contribution in [0.15, 0.2) is 88.7 Å². The number of hydrogen-bond donors (Lipinski definition) is 1. The van der Waals surface area contributed by atoms with Crippen molar-refractivity contribution in [2.75, 3.05) is 23.7 Å². The first-order chi connectivity index (χ1) is 19.4. The molecule has 3 rings (SSSR count). The summed E-state index contributed by atoms with van der Waals surface area (Å²) in [7, 11) is -4.15. The summed E-state index contributed by atoms with van der Waals surface area (Å²) in [4.78, 5) is 29.6. The maximum absolute atomic E-state index is 14.0. The van der Waals surface area contributed by atoms with Crippen LogP contribution in [0.25, 0.3) is 0 Å². The molecule has 0 aliphatic heterocycles. The Morgan fingerprint density at radius 3 is 2.10 bits per heavy atom. The Morgan fingerprint density at radius 2 is 1.56 bits per heavy atom. The largest absolute Gasteiger partial charge is 0.494 e. The molecule has 1 N–H and O–H groups in total. The van der Waals surface area contributed by atoms with Gasteiger partial charge in [0.15, 0.2) is 0 Å². The zero-order valence-corrected chi connectivity index (χ0v) is 26.1. The van der Waals surface area contributed by atoms with E-state index in [0.29, 0.717) is 18.0 Å². The summed E-state index contributed by atoms with van der Waals surface area (Å²) in [5.74, 6) is -0.254. The lowest BCUT2D eigenvalue weighted by molar-refractivity contribution is -0.140. The topological polar surface area (TPSA) is 96.0 Å². The van der Waals surface area contributed by atoms with Crippen LogP contribution in [-0.4, -0.2) is 56.1 Å². The summed E-state index contributed by atoms with van der Waals surface area (Å²) in [6.07, 6.45) is 1.91. The summed E-state index contributed by atoms with van der Waals surface area (Å²) in [6.45, 7) is 9.21. The number of benzene rings is 3. The van der Waals surface area contributed by atoms with E-state index in [1.54, 1.807) is 43.3 Å². The van der Waals surface area contributed by atoms with Gasteiger partial charge in [-0.2, -0.15) is 0 Å². The number of sulfonamides is 1. The number of nitrogens with one attached hydrogen (secondary N) is 1. The molecule has 0 bridgehead atoms. The van der Waals surface area contributed by atoms with Crippen molar-refractivity contribution >= 4 is 39.3 Å². The number of anilines is 1. The third-order valence-electron chi connectivity index (χ3n) is 6.22. The molecule has 2 amide bonds. The van der Waals surface area contributed by atoms with Crippen molar-refractivity contribution < 1.29 is 22.7 Å². The molecule has 0 fully saturated rings. The lowest BCUT2D eigenvalue weighted by Gasteiger charge is -2.33. The minimum atomic E-state index is -4.15. The molecule has 41 heavy (non-hydrogen) atoms. The van der Waals surface area contributed by atoms with Crippen LogP contribution in [0.4, 0.5) is 5.69 Å². The van der Waals surface area contributed by atoms with Crippen LogP contribution in [0.3, 0.4) is 0 Å². The van der Waals surface area contributed by atoms with Gasteiger partial charge in [-0.3, -0.25) is 13.9 Å². The summed E-state index contributed by atoms with van der Waals surface area (Å²) >= 11 is 1.50. The van der Waals surface area contributed by atoms with Crippen molar-refractivity contribution in [3.05, 3.63) is 84.4 Å². The van der Waals surface area contributed by atoms with Gasteiger partial charge >= 0.3 is 0 Å². The molecule has 3 aromatic carbocycles. The monoisotopic (exact) mass is 597 g/mol. The zero-order chi connectivity index (χ0) is 30.2. The van der Waals surface area contributed by atoms with Gasteiger partial charge in [0.1, 0.15) is 18.3 Å². The van der Waals surface area contributed by atoms with Crippen molar-refractivity contribution in [2.45, 2.75) is 62.5 Å². The molecule has 0 saturated heterocycles. The molecule has 1 unspecified atom stereocenters. The quantitative estimate of drug-likeness (QED) is 0.284. The lowest BCUT2D eigenvalue weighted by Crippen LogP contribution is -2.54. The van der Waals surface area contributed by atoms with Crippen LogP contribution in [0.5, 0.6) is 5.75 Å². The molecule has 1 atom stereocenters. The number of amides is 2. The first-order valence-corrected chi connectivity index (χ1v) is 16.1. The Kier molecular flexibility index (Phi) is 10.9. The van der Waals surface area contributed by atoms with Gasteiger partial charge in [-0.25, -0.2) is 8.42 Å². The van der Waals surface area contributed by atoms with Crippen molar-refractivity contribution in [1.29, 1.82) is 0 Å². The number of hydrogen-bond acceptors (Lipinski definition) is 6. The first-order valence-electron chi connectivity index (χ1n) is 13.4. The molecule has 220 valence electrons. The van der Waals surface area contributed by atoms with Crippen molar-refractivity contribution in [2.24, 2.45) is 0 Å². The number of thioether (sulfide) groups is 1. The summed E-state index contributed by atoms with van der Waals surface area (Å²) in [5, 5.41) is 2.93. The SMILES string of the molecule is CCOc1ccc(N(CC(=O)N(Cc2ccccc2)C(C)C(=O)NC(C)(C)C)S(=O)(=O)c2ccc(SC)cc2)cc1. The van der Waals surface area contributed by atoms with E-state index in [2.05, 4.69) is 5.32 Å². The van der Waals surface area contributed by atoms with Crippen molar-refractivity contribution in [3.8, 4) is 5.75 Å². The maximum atomic E-state index is 14.0. The van der Waals surface area contributed by atoms with Gasteiger partial charge in [-0.1, -0.05) is 30.3 Å². The highest BCUT2D eigenvalue weighted by molar-refractivity contribution is 7.98. The van der Waals surface area contributed by atoms with Gasteiger partial charge in [-0.05, 0) is 95.0 Å². The third kappa shape index (κ3) is 8.74. The molecule has 0 aromatic heterocycles. The van der Waals surface area contributed by atoms with Crippen LogP contribution in [-0.2, 0) is 26.2 Å². The van der Waals surface area contributed by atoms with Crippen molar-refractivity contribution in [3.63, 3.8) is 0 Å². The number of rotatable bonds is 12. The van der Waals surface area contributed by atoms with Gasteiger partial charge in [0.25, 0.3) is 10.0 Å². The molecular weight excluding hydrogens is 558 g/mol. The average molecular weight is 598 g/mol. The Morgan fingerprint density at radius 1 is 0.951 bits per heavy atom. The second kappa shape index (κ2) is 13.9. The molecule has 3 aromatic rings. The predicted molar refractivity (Wildman–Crippen MR) is 165 cm³/mol. The van der Waals surface area contributed by atoms with E-state index >= 15 is 0 Å². The lowest BCUT2D eigenvalue weighted by atomic mass is 10.1. The Bertz CT molecular complexity index is 1400. The minimum Gasteiger partial charge on any atom is -0.494 e. The third-order valence-corrected chi connectivity index (χ3v) is 8.75. The van der Waals surface area contributed by atoms with Gasteiger partial charge in [0.2, 0.25) is 11.8 Å². The van der Waals surface area contributed by atoms with Gasteiger partial charge in [-0.15, -0.1) is 11.8 Å².